The molecule has 2 aromatic carbocycles. The molecule has 1 saturated heterocycles. The van der Waals surface area contributed by atoms with Crippen molar-refractivity contribution < 1.29 is 24.0 Å². The van der Waals surface area contributed by atoms with Gasteiger partial charge in [-0.3, -0.25) is 14.5 Å². The summed E-state index contributed by atoms with van der Waals surface area (Å²) < 4.78 is 10.9. The molecule has 222 valence electrons. The van der Waals surface area contributed by atoms with E-state index in [0.29, 0.717) is 11.3 Å². The second-order valence-corrected chi connectivity index (χ2v) is 12.0. The number of nitrogens with zero attached hydrogens (tertiary/aromatic N) is 4. The second-order valence-electron chi connectivity index (χ2n) is 9.21. The van der Waals surface area contributed by atoms with Gasteiger partial charge >= 0.3 is 5.97 Å². The van der Waals surface area contributed by atoms with Crippen molar-refractivity contribution in [3.63, 3.8) is 0 Å². The van der Waals surface area contributed by atoms with Gasteiger partial charge in [-0.1, -0.05) is 101 Å². The van der Waals surface area contributed by atoms with Crippen molar-refractivity contribution >= 4 is 74.5 Å². The summed E-state index contributed by atoms with van der Waals surface area (Å²) in [5.74, 6) is -1.34. The Morgan fingerprint density at radius 1 is 1.19 bits per heavy atom. The van der Waals surface area contributed by atoms with Crippen LogP contribution in [0.4, 0.5) is 5.13 Å². The number of hydrogen-bond donors (Lipinski definition) is 2. The number of ether oxygens (including phenoxy) is 1. The highest BCUT2D eigenvalue weighted by Crippen LogP contribution is 2.42. The number of hydrogen-bond acceptors (Lipinski definition) is 11. The molecule has 1 fully saturated rings. The van der Waals surface area contributed by atoms with Crippen LogP contribution in [0.25, 0.3) is 0 Å². The lowest BCUT2D eigenvalue weighted by Gasteiger charge is -2.49. The van der Waals surface area contributed by atoms with Crippen LogP contribution in [-0.2, 0) is 24.0 Å². The summed E-state index contributed by atoms with van der Waals surface area (Å²) in [5, 5.41) is 6.19. The molecule has 2 aliphatic rings. The van der Waals surface area contributed by atoms with E-state index in [1.807, 2.05) is 72.8 Å². The Morgan fingerprint density at radius 3 is 2.44 bits per heavy atom. The average Bonchev–Trinajstić information content (AvgIpc) is 3.47. The highest BCUT2D eigenvalue weighted by Gasteiger charge is 2.54. The number of allylic oxidation sites excluding steroid dienone is 2. The molecule has 43 heavy (non-hydrogen) atoms. The van der Waals surface area contributed by atoms with Gasteiger partial charge in [-0.25, -0.2) is 4.79 Å². The van der Waals surface area contributed by atoms with Gasteiger partial charge in [-0.15, -0.1) is 11.8 Å². The van der Waals surface area contributed by atoms with E-state index in [1.54, 1.807) is 6.92 Å². The monoisotopic (exact) mass is 730 g/mol. The highest BCUT2D eigenvalue weighted by atomic mass is 127. The van der Waals surface area contributed by atoms with Crippen LogP contribution in [0.15, 0.2) is 89.2 Å². The molecule has 2 amide bonds. The molecule has 14 heteroatoms. The molecule has 11 nitrogen and oxygen atoms in total. The maximum Gasteiger partial charge on any atom is 0.356 e. The van der Waals surface area contributed by atoms with E-state index in [9.17, 15) is 14.4 Å². The Bertz CT molecular complexity index is 1540. The summed E-state index contributed by atoms with van der Waals surface area (Å²) in [5.41, 5.74) is 7.92. The lowest BCUT2D eigenvalue weighted by Crippen LogP contribution is -2.71. The molecular formula is C29H27IN6O5S2. The number of alkyl halides is 1. The predicted molar refractivity (Wildman–Crippen MR) is 173 cm³/mol. The third kappa shape index (κ3) is 6.75. The second kappa shape index (κ2) is 14.1. The fraction of sp³-hybridized carbons (Fsp3) is 0.241. The smallest absolute Gasteiger partial charge is 0.356 e. The lowest BCUT2D eigenvalue weighted by atomic mass is 10.0. The number of nitrogens with two attached hydrogens (primary N) is 1. The molecule has 0 spiro atoms. The molecular weight excluding hydrogens is 703 g/mol. The van der Waals surface area contributed by atoms with Crippen LogP contribution in [-0.4, -0.2) is 66.0 Å². The van der Waals surface area contributed by atoms with Gasteiger partial charge in [-0.05, 0) is 23.6 Å². The summed E-state index contributed by atoms with van der Waals surface area (Å²) in [7, 11) is 0. The Kier molecular flexibility index (Phi) is 10.1. The van der Waals surface area contributed by atoms with Gasteiger partial charge in [0.1, 0.15) is 23.7 Å². The molecule has 0 saturated carbocycles. The number of nitrogens with one attached hydrogen (secondary N) is 1. The van der Waals surface area contributed by atoms with E-state index in [-0.39, 0.29) is 29.0 Å². The molecule has 1 unspecified atom stereocenters. The molecule has 5 rings (SSSR count). The van der Waals surface area contributed by atoms with Crippen molar-refractivity contribution in [2.75, 3.05) is 22.5 Å². The van der Waals surface area contributed by atoms with E-state index < -0.39 is 35.3 Å². The van der Waals surface area contributed by atoms with E-state index in [1.165, 1.54) is 16.7 Å². The third-order valence-corrected chi connectivity index (χ3v) is 8.82. The van der Waals surface area contributed by atoms with E-state index >= 15 is 0 Å². The fourth-order valence-corrected chi connectivity index (χ4v) is 6.56. The Labute approximate surface area is 269 Å². The number of benzene rings is 2. The van der Waals surface area contributed by atoms with Gasteiger partial charge in [0.15, 0.2) is 11.2 Å². The van der Waals surface area contributed by atoms with Crippen molar-refractivity contribution in [3.8, 4) is 0 Å². The van der Waals surface area contributed by atoms with Gasteiger partial charge in [-0.2, -0.15) is 9.36 Å². The van der Waals surface area contributed by atoms with Gasteiger partial charge in [0, 0.05) is 21.7 Å². The zero-order valence-electron chi connectivity index (χ0n) is 22.9. The number of carbonyl (C=O) groups excluding carboxylic acids is 3. The maximum absolute atomic E-state index is 13.9. The number of halogens is 1. The largest absolute Gasteiger partial charge is 0.448 e. The highest BCUT2D eigenvalue weighted by molar-refractivity contribution is 14.1. The SMILES string of the molecule is CCON=C(C(=O)NC1C(=O)N2C(C(=O)OC(c3ccccc3)c3ccccc3)=C(C=CCI)CS[C@@H]12)c1nsc(N)n1. The van der Waals surface area contributed by atoms with Gasteiger partial charge in [0.05, 0.1) is 0 Å². The molecule has 3 N–H and O–H groups in total. The number of amides is 2. The number of oxime groups is 1. The van der Waals surface area contributed by atoms with Crippen molar-refractivity contribution in [1.82, 2.24) is 19.6 Å². The molecule has 0 bridgehead atoms. The predicted octanol–water partition coefficient (Wildman–Crippen LogP) is 3.84. The van der Waals surface area contributed by atoms with Crippen LogP contribution in [0, 0.1) is 0 Å². The fourth-order valence-electron chi connectivity index (χ4n) is 4.55. The topological polar surface area (TPSA) is 149 Å². The van der Waals surface area contributed by atoms with E-state index in [2.05, 4.69) is 42.4 Å². The number of β-lactam (4-membered cyclic amide) rings is 1. The summed E-state index contributed by atoms with van der Waals surface area (Å²) >= 11 is 4.56. The number of fused-ring (bicyclic) bond motifs is 1. The zero-order valence-corrected chi connectivity index (χ0v) is 26.7. The normalized spacial score (nSPS) is 18.4. The number of rotatable bonds is 11. The summed E-state index contributed by atoms with van der Waals surface area (Å²) in [6.07, 6.45) is 3.08. The van der Waals surface area contributed by atoms with Crippen molar-refractivity contribution in [1.29, 1.82) is 0 Å². The minimum absolute atomic E-state index is 0.00312. The molecule has 3 heterocycles. The van der Waals surface area contributed by atoms with Gasteiger partial charge in [0.2, 0.25) is 11.5 Å². The first kappa shape index (κ1) is 30.7. The van der Waals surface area contributed by atoms with Crippen LogP contribution < -0.4 is 11.1 Å². The lowest BCUT2D eigenvalue weighted by molar-refractivity contribution is -0.154. The standard InChI is InChI=1S/C29H27IN6O5S2/c1-2-40-34-20(24-33-29(31)43-35-24)25(37)32-21-26(38)36-22(19(14-9-15-30)16-42-27(21)36)28(39)41-23(17-10-5-3-6-11-17)18-12-7-4-8-13-18/h3-14,21,23,27H,2,15-16H2,1H3,(H,32,37)(H2,31,33,35)/t21?,27-/m0/s1. The summed E-state index contributed by atoms with van der Waals surface area (Å²) in [6.45, 7) is 1.92. The average molecular weight is 731 g/mol. The zero-order chi connectivity index (χ0) is 30.3. The van der Waals surface area contributed by atoms with E-state index in [4.69, 9.17) is 15.3 Å². The van der Waals surface area contributed by atoms with Crippen molar-refractivity contribution in [2.45, 2.75) is 24.4 Å². The first-order valence-corrected chi connectivity index (χ1v) is 16.6. The minimum Gasteiger partial charge on any atom is -0.448 e. The molecule has 1 aromatic heterocycles. The number of carbonyl (C=O) groups is 3. The quantitative estimate of drug-likeness (QED) is 0.0750. The van der Waals surface area contributed by atoms with Gasteiger partial charge < -0.3 is 20.6 Å². The van der Waals surface area contributed by atoms with Crippen molar-refractivity contribution in [2.24, 2.45) is 5.16 Å². The van der Waals surface area contributed by atoms with E-state index in [0.717, 1.165) is 27.1 Å². The number of nitrogen functional groups attached to an aromatic ring is 1. The number of thioether (sulfide) groups is 1. The van der Waals surface area contributed by atoms with Gasteiger partial charge in [0.25, 0.3) is 11.8 Å². The van der Waals surface area contributed by atoms with Crippen LogP contribution in [0.2, 0.25) is 0 Å². The molecule has 3 aromatic rings. The Morgan fingerprint density at radius 2 is 1.86 bits per heavy atom. The van der Waals surface area contributed by atoms with Crippen LogP contribution in [0.3, 0.4) is 0 Å². The first-order chi connectivity index (χ1) is 20.9. The number of anilines is 1. The van der Waals surface area contributed by atoms with Crippen LogP contribution in [0.1, 0.15) is 30.0 Å². The maximum atomic E-state index is 13.9. The first-order valence-electron chi connectivity index (χ1n) is 13.2. The Hall–Kier alpha value is -3.76. The van der Waals surface area contributed by atoms with Crippen LogP contribution >= 0.6 is 45.9 Å². The van der Waals surface area contributed by atoms with Crippen LogP contribution in [0.5, 0.6) is 0 Å². The molecule has 0 aliphatic carbocycles. The molecule has 0 radical (unpaired) electrons. The minimum atomic E-state index is -0.919. The van der Waals surface area contributed by atoms with Crippen molar-refractivity contribution in [3.05, 3.63) is 101 Å². The molecule has 2 aliphatic heterocycles. The number of esters is 1. The third-order valence-electron chi connectivity index (χ3n) is 6.47. The summed E-state index contributed by atoms with van der Waals surface area (Å²) in [6, 6.07) is 17.9. The number of aromatic nitrogens is 2. The Balaban J connectivity index is 1.41. The summed E-state index contributed by atoms with van der Waals surface area (Å²) in [4.78, 5) is 51.3. The molecule has 2 atom stereocenters.